The minimum Gasteiger partial charge on any atom is -0.480 e. The van der Waals surface area contributed by atoms with Gasteiger partial charge in [-0.2, -0.15) is 0 Å². The van der Waals surface area contributed by atoms with E-state index in [4.69, 9.17) is 22.9 Å². The lowest BCUT2D eigenvalue weighted by Gasteiger charge is -2.28. The van der Waals surface area contributed by atoms with Gasteiger partial charge in [-0.3, -0.25) is 19.4 Å². The van der Waals surface area contributed by atoms with Gasteiger partial charge in [-0.05, 0) is 38.1 Å². The maximum absolute atomic E-state index is 13.4. The molecule has 0 saturated heterocycles. The van der Waals surface area contributed by atoms with Crippen molar-refractivity contribution in [2.24, 2.45) is 33.8 Å². The van der Waals surface area contributed by atoms with E-state index in [1.54, 1.807) is 6.92 Å². The molecular weight excluding hydrogens is 508 g/mol. The van der Waals surface area contributed by atoms with Gasteiger partial charge in [0.25, 0.3) is 0 Å². The molecule has 5 unspecified atom stereocenters. The van der Waals surface area contributed by atoms with Crippen molar-refractivity contribution in [1.29, 1.82) is 0 Å². The van der Waals surface area contributed by atoms with Crippen molar-refractivity contribution in [2.45, 2.75) is 83.0 Å². The fraction of sp³-hybridized carbons (Fsp3) is 0.667. The lowest BCUT2D eigenvalue weighted by molar-refractivity contribution is -0.142. The minimum atomic E-state index is -1.24. The Morgan fingerprint density at radius 1 is 1.03 bits per heavy atom. The number of guanidine groups is 1. The summed E-state index contributed by atoms with van der Waals surface area (Å²) < 4.78 is 0. The number of rotatable bonds is 19. The third-order valence-electron chi connectivity index (χ3n) is 6.27. The van der Waals surface area contributed by atoms with Crippen LogP contribution in [-0.2, 0) is 25.6 Å². The van der Waals surface area contributed by atoms with E-state index in [0.717, 1.165) is 6.42 Å². The summed E-state index contributed by atoms with van der Waals surface area (Å²) in [7, 11) is 0. The Bertz CT molecular complexity index is 936. The number of carboxylic acids is 1. The predicted molar refractivity (Wildman–Crippen MR) is 146 cm³/mol. The molecule has 0 aliphatic rings. The summed E-state index contributed by atoms with van der Waals surface area (Å²) in [6.45, 7) is 4.35. The van der Waals surface area contributed by atoms with Crippen LogP contribution in [0.1, 0.15) is 58.1 Å². The van der Waals surface area contributed by atoms with Crippen molar-refractivity contribution >= 4 is 29.7 Å². The van der Waals surface area contributed by atoms with Crippen LogP contribution in [0.25, 0.3) is 0 Å². The first-order chi connectivity index (χ1) is 18.5. The highest BCUT2D eigenvalue weighted by Crippen LogP contribution is 2.11. The Kier molecular flexibility index (Phi) is 15.1. The number of nitrogens with one attached hydrogen (secondary N) is 4. The summed E-state index contributed by atoms with van der Waals surface area (Å²) >= 11 is 0. The predicted octanol–water partition coefficient (Wildman–Crippen LogP) is -1.95. The number of nitrogens with two attached hydrogens (primary N) is 4. The number of unbranched alkanes of at least 4 members (excludes halogenated alkanes) is 1. The number of hydrogen-bond donors (Lipinski definition) is 9. The van der Waals surface area contributed by atoms with Crippen molar-refractivity contribution in [1.82, 2.24) is 25.9 Å². The number of aromatic amines is 1. The summed E-state index contributed by atoms with van der Waals surface area (Å²) in [6.07, 6.45) is 5.68. The van der Waals surface area contributed by atoms with E-state index >= 15 is 0 Å². The van der Waals surface area contributed by atoms with Gasteiger partial charge in [0.05, 0.1) is 12.4 Å². The maximum Gasteiger partial charge on any atom is 0.326 e. The zero-order valence-electron chi connectivity index (χ0n) is 22.7. The van der Waals surface area contributed by atoms with E-state index in [1.807, 2.05) is 6.92 Å². The van der Waals surface area contributed by atoms with Gasteiger partial charge in [-0.15, -0.1) is 0 Å². The Hall–Kier alpha value is -3.72. The first kappa shape index (κ1) is 33.3. The Morgan fingerprint density at radius 3 is 2.28 bits per heavy atom. The van der Waals surface area contributed by atoms with Crippen LogP contribution in [0.15, 0.2) is 17.5 Å². The van der Waals surface area contributed by atoms with Gasteiger partial charge in [0, 0.05) is 24.9 Å². The molecule has 3 amide bonds. The van der Waals surface area contributed by atoms with Crippen LogP contribution in [0.4, 0.5) is 0 Å². The monoisotopic (exact) mass is 552 g/mol. The van der Waals surface area contributed by atoms with Crippen molar-refractivity contribution in [2.75, 3.05) is 13.1 Å². The normalized spacial score (nSPS) is 14.8. The minimum absolute atomic E-state index is 0.0116. The summed E-state index contributed by atoms with van der Waals surface area (Å²) in [5, 5.41) is 17.5. The van der Waals surface area contributed by atoms with E-state index in [0.29, 0.717) is 37.9 Å². The number of H-pyrrole nitrogens is 1. The number of aliphatic imine (C=N–C) groups is 1. The molecule has 0 bridgehead atoms. The zero-order valence-corrected chi connectivity index (χ0v) is 22.7. The molecule has 0 fully saturated rings. The first-order valence-electron chi connectivity index (χ1n) is 13.1. The molecule has 1 heterocycles. The first-order valence-corrected chi connectivity index (χ1v) is 13.1. The largest absolute Gasteiger partial charge is 0.480 e. The fourth-order valence-corrected chi connectivity index (χ4v) is 3.72. The van der Waals surface area contributed by atoms with Gasteiger partial charge in [-0.1, -0.05) is 26.7 Å². The molecule has 220 valence electrons. The van der Waals surface area contributed by atoms with Crippen molar-refractivity contribution < 1.29 is 24.3 Å². The smallest absolute Gasteiger partial charge is 0.326 e. The number of carbonyl (C=O) groups excluding carboxylic acids is 3. The highest BCUT2D eigenvalue weighted by atomic mass is 16.4. The molecule has 1 aromatic heterocycles. The van der Waals surface area contributed by atoms with Gasteiger partial charge in [0.15, 0.2) is 5.96 Å². The van der Waals surface area contributed by atoms with Crippen LogP contribution in [0.5, 0.6) is 0 Å². The van der Waals surface area contributed by atoms with Gasteiger partial charge < -0.3 is 49.0 Å². The van der Waals surface area contributed by atoms with E-state index in [9.17, 15) is 24.3 Å². The number of imidazole rings is 1. The molecule has 0 spiro atoms. The SMILES string of the molecule is CCC(C)C(NC(=O)C(N)CCCCN)C(=O)NC(Cc1cnc[nH]1)C(=O)NC(CCCN=C(N)N)C(=O)O. The summed E-state index contributed by atoms with van der Waals surface area (Å²) in [4.78, 5) is 61.6. The summed E-state index contributed by atoms with van der Waals surface area (Å²) in [6, 6.07) is -4.16. The lowest BCUT2D eigenvalue weighted by atomic mass is 9.96. The second-order valence-electron chi connectivity index (χ2n) is 9.45. The average molecular weight is 553 g/mol. The quantitative estimate of drug-likeness (QED) is 0.0519. The molecule has 13 N–H and O–H groups in total. The van der Waals surface area contributed by atoms with Gasteiger partial charge in [0.1, 0.15) is 18.1 Å². The topological polar surface area (TPSA) is 270 Å². The molecular formula is C24H44N10O5. The number of nitrogens with zero attached hydrogens (tertiary/aromatic N) is 2. The highest BCUT2D eigenvalue weighted by Gasteiger charge is 2.32. The number of aromatic nitrogens is 2. The second-order valence-corrected chi connectivity index (χ2v) is 9.45. The van der Waals surface area contributed by atoms with Crippen molar-refractivity contribution in [3.8, 4) is 0 Å². The average Bonchev–Trinajstić information content (AvgIpc) is 3.40. The van der Waals surface area contributed by atoms with Crippen LogP contribution < -0.4 is 38.9 Å². The van der Waals surface area contributed by atoms with Crippen molar-refractivity contribution in [3.63, 3.8) is 0 Å². The van der Waals surface area contributed by atoms with E-state index in [2.05, 4.69) is 30.9 Å². The summed E-state index contributed by atoms with van der Waals surface area (Å²) in [5.41, 5.74) is 22.6. The zero-order chi connectivity index (χ0) is 29.4. The van der Waals surface area contributed by atoms with Gasteiger partial charge in [0.2, 0.25) is 17.7 Å². The van der Waals surface area contributed by atoms with Crippen LogP contribution in [0.3, 0.4) is 0 Å². The summed E-state index contributed by atoms with van der Waals surface area (Å²) in [5.74, 6) is -3.41. The fourth-order valence-electron chi connectivity index (χ4n) is 3.72. The van der Waals surface area contributed by atoms with E-state index in [1.165, 1.54) is 12.5 Å². The number of amides is 3. The number of hydrogen-bond acceptors (Lipinski definition) is 8. The van der Waals surface area contributed by atoms with Gasteiger partial charge in [-0.25, -0.2) is 9.78 Å². The molecule has 39 heavy (non-hydrogen) atoms. The number of carboxylic acid groups (broad SMARTS) is 1. The molecule has 1 aromatic rings. The highest BCUT2D eigenvalue weighted by molar-refractivity contribution is 5.94. The molecule has 15 heteroatoms. The molecule has 0 radical (unpaired) electrons. The third-order valence-corrected chi connectivity index (χ3v) is 6.27. The third kappa shape index (κ3) is 12.6. The molecule has 0 aromatic carbocycles. The van der Waals surface area contributed by atoms with E-state index in [-0.39, 0.29) is 31.3 Å². The molecule has 0 saturated carbocycles. The Labute approximate surface area is 228 Å². The molecule has 1 rings (SSSR count). The molecule has 5 atom stereocenters. The Morgan fingerprint density at radius 2 is 1.72 bits per heavy atom. The van der Waals surface area contributed by atoms with Crippen molar-refractivity contribution in [3.05, 3.63) is 18.2 Å². The van der Waals surface area contributed by atoms with Crippen LogP contribution >= 0.6 is 0 Å². The standard InChI is InChI=1S/C24H44N10O5/c1-3-14(2)19(34-20(35)16(26)7-4-5-9-25)22(37)33-18(11-15-12-29-13-31-15)21(36)32-17(23(38)39)8-6-10-30-24(27)28/h12-14,16-19H,3-11,25-26H2,1-2H3,(H,29,31)(H,32,36)(H,33,37)(H,34,35)(H,38,39)(H4,27,28,30). The van der Waals surface area contributed by atoms with Crippen LogP contribution in [-0.4, -0.2) is 82.0 Å². The molecule has 0 aliphatic carbocycles. The van der Waals surface area contributed by atoms with Crippen LogP contribution in [0.2, 0.25) is 0 Å². The molecule has 0 aliphatic heterocycles. The number of aliphatic carboxylic acids is 1. The van der Waals surface area contributed by atoms with E-state index < -0.39 is 47.9 Å². The number of carbonyl (C=O) groups is 4. The second kappa shape index (κ2) is 17.7. The molecule has 15 nitrogen and oxygen atoms in total. The lowest BCUT2D eigenvalue weighted by Crippen LogP contribution is -2.59. The Balaban J connectivity index is 3.02. The maximum atomic E-state index is 13.4. The van der Waals surface area contributed by atoms with Gasteiger partial charge >= 0.3 is 5.97 Å². The van der Waals surface area contributed by atoms with Crippen LogP contribution in [0, 0.1) is 5.92 Å².